The summed E-state index contributed by atoms with van der Waals surface area (Å²) < 4.78 is 0. The summed E-state index contributed by atoms with van der Waals surface area (Å²) in [6.45, 7) is 2.26. The second kappa shape index (κ2) is 3.25. The van der Waals surface area contributed by atoms with E-state index in [1.54, 1.807) is 16.7 Å². The van der Waals surface area contributed by atoms with Gasteiger partial charge in [-0.25, -0.2) is 0 Å². The molecule has 0 heteroatoms. The van der Waals surface area contributed by atoms with Gasteiger partial charge in [-0.1, -0.05) is 24.6 Å². The Hall–Kier alpha value is -0.520. The molecule has 0 aromatic carbocycles. The summed E-state index contributed by atoms with van der Waals surface area (Å²) in [7, 11) is 0. The van der Waals surface area contributed by atoms with Gasteiger partial charge in [-0.3, -0.25) is 0 Å². The van der Waals surface area contributed by atoms with Crippen LogP contribution in [0.5, 0.6) is 0 Å². The molecule has 0 fully saturated rings. The summed E-state index contributed by atoms with van der Waals surface area (Å²) in [6.07, 6.45) is 9.20. The molecule has 0 saturated heterocycles. The van der Waals surface area contributed by atoms with Crippen molar-refractivity contribution in [2.24, 2.45) is 0 Å². The average molecular weight is 150 g/mol. The molecule has 2 rings (SSSR count). The lowest BCUT2D eigenvalue weighted by Gasteiger charge is -2.12. The van der Waals surface area contributed by atoms with Crippen LogP contribution in [0.3, 0.4) is 0 Å². The first-order valence-corrected chi connectivity index (χ1v) is 4.26. The third kappa shape index (κ3) is 1.40. The summed E-state index contributed by atoms with van der Waals surface area (Å²) in [4.78, 5) is 0. The van der Waals surface area contributed by atoms with Crippen LogP contribution in [-0.2, 0) is 0 Å². The molecule has 0 nitrogen and oxygen atoms in total. The summed E-state index contributed by atoms with van der Waals surface area (Å²) in [6, 6.07) is 0. The van der Waals surface area contributed by atoms with Crippen molar-refractivity contribution in [2.75, 3.05) is 0 Å². The standard InChI is InChI=1S/C10H14.CH4/c1-8-4-2-5-9-6-3-7-10(8)9;/h4H,2-3,5-7H2,1H3;1H4. The van der Waals surface area contributed by atoms with Crippen molar-refractivity contribution in [3.05, 3.63) is 22.8 Å². The highest BCUT2D eigenvalue weighted by Crippen LogP contribution is 2.36. The number of hydrogen-bond donors (Lipinski definition) is 0. The van der Waals surface area contributed by atoms with Gasteiger partial charge in [0.1, 0.15) is 0 Å². The van der Waals surface area contributed by atoms with Crippen molar-refractivity contribution in [2.45, 2.75) is 46.5 Å². The zero-order valence-electron chi connectivity index (χ0n) is 6.61. The van der Waals surface area contributed by atoms with Gasteiger partial charge in [0, 0.05) is 0 Å². The summed E-state index contributed by atoms with van der Waals surface area (Å²) in [5.41, 5.74) is 5.03. The molecule has 0 spiro atoms. The lowest BCUT2D eigenvalue weighted by Crippen LogP contribution is -1.92. The Kier molecular flexibility index (Phi) is 2.53. The van der Waals surface area contributed by atoms with Crippen LogP contribution in [0.25, 0.3) is 0 Å². The van der Waals surface area contributed by atoms with Gasteiger partial charge in [-0.2, -0.15) is 0 Å². The first-order valence-electron chi connectivity index (χ1n) is 4.26. The number of rotatable bonds is 0. The number of allylic oxidation sites excluding steroid dienone is 4. The minimum Gasteiger partial charge on any atom is -0.0810 e. The molecule has 62 valence electrons. The lowest BCUT2D eigenvalue weighted by atomic mass is 9.94. The highest BCUT2D eigenvalue weighted by Gasteiger charge is 2.17. The molecule has 0 aromatic heterocycles. The Morgan fingerprint density at radius 3 is 2.73 bits per heavy atom. The van der Waals surface area contributed by atoms with Gasteiger partial charge >= 0.3 is 0 Å². The van der Waals surface area contributed by atoms with Crippen LogP contribution in [0.1, 0.15) is 46.5 Å². The quantitative estimate of drug-likeness (QED) is 0.492. The number of hydrogen-bond acceptors (Lipinski definition) is 0. The largest absolute Gasteiger partial charge is 0.0810 e. The Labute approximate surface area is 70.0 Å². The van der Waals surface area contributed by atoms with Crippen LogP contribution in [0, 0.1) is 0 Å². The van der Waals surface area contributed by atoms with E-state index < -0.39 is 0 Å². The molecular weight excluding hydrogens is 132 g/mol. The molecule has 0 radical (unpaired) electrons. The third-order valence-electron chi connectivity index (χ3n) is 2.70. The van der Waals surface area contributed by atoms with Crippen LogP contribution in [0.2, 0.25) is 0 Å². The van der Waals surface area contributed by atoms with Crippen molar-refractivity contribution in [1.82, 2.24) is 0 Å². The monoisotopic (exact) mass is 150 g/mol. The second-order valence-electron chi connectivity index (χ2n) is 3.36. The minimum atomic E-state index is 0. The van der Waals surface area contributed by atoms with Gasteiger partial charge in [0.25, 0.3) is 0 Å². The zero-order chi connectivity index (χ0) is 6.97. The highest BCUT2D eigenvalue weighted by molar-refractivity contribution is 5.39. The SMILES string of the molecule is C.CC1=CCCC2=C1CCC2. The first-order chi connectivity index (χ1) is 4.88. The molecule has 0 aromatic rings. The maximum atomic E-state index is 2.39. The van der Waals surface area contributed by atoms with Gasteiger partial charge in [0.05, 0.1) is 0 Å². The molecule has 0 atom stereocenters. The average Bonchev–Trinajstić information content (AvgIpc) is 2.36. The Morgan fingerprint density at radius 2 is 2.00 bits per heavy atom. The van der Waals surface area contributed by atoms with E-state index in [2.05, 4.69) is 13.0 Å². The lowest BCUT2D eigenvalue weighted by molar-refractivity contribution is 0.857. The van der Waals surface area contributed by atoms with Crippen molar-refractivity contribution in [3.63, 3.8) is 0 Å². The topological polar surface area (TPSA) is 0 Å². The Morgan fingerprint density at radius 1 is 1.18 bits per heavy atom. The van der Waals surface area contributed by atoms with Gasteiger partial charge in [0.15, 0.2) is 0 Å². The van der Waals surface area contributed by atoms with Crippen molar-refractivity contribution >= 4 is 0 Å². The molecule has 0 unspecified atom stereocenters. The summed E-state index contributed by atoms with van der Waals surface area (Å²) in [5, 5.41) is 0. The molecule has 0 amide bonds. The molecule has 11 heavy (non-hydrogen) atoms. The summed E-state index contributed by atoms with van der Waals surface area (Å²) in [5.74, 6) is 0. The predicted molar refractivity (Wildman–Crippen MR) is 50.6 cm³/mol. The van der Waals surface area contributed by atoms with E-state index in [4.69, 9.17) is 0 Å². The maximum absolute atomic E-state index is 2.39. The van der Waals surface area contributed by atoms with E-state index in [0.717, 1.165) is 0 Å². The molecule has 0 heterocycles. The fourth-order valence-corrected chi connectivity index (χ4v) is 2.14. The molecule has 0 N–H and O–H groups in total. The van der Waals surface area contributed by atoms with Crippen LogP contribution < -0.4 is 0 Å². The van der Waals surface area contributed by atoms with Crippen LogP contribution >= 0.6 is 0 Å². The smallest absolute Gasteiger partial charge is 0.0274 e. The molecule has 0 bridgehead atoms. The van der Waals surface area contributed by atoms with Crippen LogP contribution in [0.15, 0.2) is 22.8 Å². The van der Waals surface area contributed by atoms with E-state index in [0.29, 0.717) is 0 Å². The van der Waals surface area contributed by atoms with Gasteiger partial charge in [0.2, 0.25) is 0 Å². The third-order valence-corrected chi connectivity index (χ3v) is 2.70. The predicted octanol–water partition coefficient (Wildman–Crippen LogP) is 3.84. The fraction of sp³-hybridized carbons (Fsp3) is 0.636. The molecule has 2 aliphatic rings. The van der Waals surface area contributed by atoms with Crippen LogP contribution in [-0.4, -0.2) is 0 Å². The van der Waals surface area contributed by atoms with Crippen molar-refractivity contribution in [1.29, 1.82) is 0 Å². The first kappa shape index (κ1) is 8.58. The van der Waals surface area contributed by atoms with E-state index in [-0.39, 0.29) is 7.43 Å². The highest BCUT2D eigenvalue weighted by atomic mass is 14.2. The maximum Gasteiger partial charge on any atom is -0.0274 e. The fourth-order valence-electron chi connectivity index (χ4n) is 2.14. The van der Waals surface area contributed by atoms with Gasteiger partial charge < -0.3 is 0 Å². The van der Waals surface area contributed by atoms with Crippen molar-refractivity contribution < 1.29 is 0 Å². The summed E-state index contributed by atoms with van der Waals surface area (Å²) >= 11 is 0. The molecule has 0 saturated carbocycles. The minimum absolute atomic E-state index is 0. The normalized spacial score (nSPS) is 22.5. The Bertz CT molecular complexity index is 206. The van der Waals surface area contributed by atoms with Crippen molar-refractivity contribution in [3.8, 4) is 0 Å². The van der Waals surface area contributed by atoms with E-state index in [1.807, 2.05) is 0 Å². The van der Waals surface area contributed by atoms with Gasteiger partial charge in [-0.05, 0) is 44.6 Å². The van der Waals surface area contributed by atoms with Crippen LogP contribution in [0.4, 0.5) is 0 Å². The molecule has 0 aliphatic heterocycles. The zero-order valence-corrected chi connectivity index (χ0v) is 6.61. The Balaban J connectivity index is 0.000000605. The van der Waals surface area contributed by atoms with E-state index in [9.17, 15) is 0 Å². The second-order valence-corrected chi connectivity index (χ2v) is 3.36. The molecular formula is C11H18. The van der Waals surface area contributed by atoms with E-state index in [1.165, 1.54) is 32.1 Å². The van der Waals surface area contributed by atoms with Gasteiger partial charge in [-0.15, -0.1) is 0 Å². The molecule has 2 aliphatic carbocycles. The van der Waals surface area contributed by atoms with E-state index >= 15 is 0 Å².